The third-order valence-corrected chi connectivity index (χ3v) is 5.38. The van der Waals surface area contributed by atoms with Gasteiger partial charge in [0.2, 0.25) is 11.7 Å². The zero-order valence-electron chi connectivity index (χ0n) is 17.4. The Labute approximate surface area is 179 Å². The summed E-state index contributed by atoms with van der Waals surface area (Å²) < 4.78 is 22.5. The highest BCUT2D eigenvalue weighted by Gasteiger charge is 2.28. The number of ether oxygens (including phenoxy) is 3. The lowest BCUT2D eigenvalue weighted by Gasteiger charge is -2.34. The first-order valence-electron chi connectivity index (χ1n) is 10.1. The normalized spacial score (nSPS) is 18.8. The van der Waals surface area contributed by atoms with E-state index in [1.165, 1.54) is 11.9 Å². The van der Waals surface area contributed by atoms with Gasteiger partial charge in [-0.2, -0.15) is 4.98 Å². The zero-order valence-corrected chi connectivity index (χ0v) is 17.4. The van der Waals surface area contributed by atoms with Crippen molar-refractivity contribution in [3.05, 3.63) is 53.4 Å². The van der Waals surface area contributed by atoms with Gasteiger partial charge >= 0.3 is 0 Å². The summed E-state index contributed by atoms with van der Waals surface area (Å²) in [7, 11) is 1.67. The molecular weight excluding hydrogens is 398 g/mol. The van der Waals surface area contributed by atoms with Crippen LogP contribution in [0, 0.1) is 6.92 Å². The summed E-state index contributed by atoms with van der Waals surface area (Å²) in [6, 6.07) is 5.86. The number of fused-ring (bicyclic) bond motifs is 1. The first kappa shape index (κ1) is 19.7. The van der Waals surface area contributed by atoms with Gasteiger partial charge in [-0.25, -0.2) is 9.97 Å². The molecule has 2 aliphatic rings. The summed E-state index contributed by atoms with van der Waals surface area (Å²) >= 11 is 0. The first-order chi connectivity index (χ1) is 15.2. The van der Waals surface area contributed by atoms with Crippen molar-refractivity contribution in [3.63, 3.8) is 0 Å². The number of hydrogen-bond acceptors (Lipinski definition) is 9. The molecule has 2 aliphatic heterocycles. The van der Waals surface area contributed by atoms with Gasteiger partial charge < -0.3 is 18.7 Å². The van der Waals surface area contributed by atoms with Crippen LogP contribution < -0.4 is 9.47 Å². The molecule has 0 spiro atoms. The average Bonchev–Trinajstić information content (AvgIpc) is 3.25. The number of aromatic nitrogens is 4. The van der Waals surface area contributed by atoms with Gasteiger partial charge in [-0.05, 0) is 29.8 Å². The van der Waals surface area contributed by atoms with Crippen molar-refractivity contribution in [1.29, 1.82) is 0 Å². The summed E-state index contributed by atoms with van der Waals surface area (Å²) in [5.41, 5.74) is 3.74. The van der Waals surface area contributed by atoms with E-state index in [0.717, 1.165) is 41.4 Å². The maximum atomic E-state index is 6.05. The third kappa shape index (κ3) is 4.14. The number of benzene rings is 1. The fourth-order valence-electron chi connectivity index (χ4n) is 3.90. The van der Waals surface area contributed by atoms with Crippen LogP contribution in [0.1, 0.15) is 23.3 Å². The Balaban J connectivity index is 1.33. The molecule has 9 nitrogen and oxygen atoms in total. The van der Waals surface area contributed by atoms with E-state index in [9.17, 15) is 0 Å². The number of methoxy groups -OCH3 is 1. The van der Waals surface area contributed by atoms with E-state index in [2.05, 4.69) is 31.1 Å². The fraction of sp³-hybridized carbons (Fsp3) is 0.364. The van der Waals surface area contributed by atoms with Crippen molar-refractivity contribution in [2.24, 2.45) is 0 Å². The Kier molecular flexibility index (Phi) is 5.35. The lowest BCUT2D eigenvalue weighted by atomic mass is 10.1. The molecule has 5 rings (SSSR count). The van der Waals surface area contributed by atoms with Crippen LogP contribution in [0.15, 0.2) is 40.8 Å². The van der Waals surface area contributed by atoms with Crippen molar-refractivity contribution < 1.29 is 18.7 Å². The molecule has 0 N–H and O–H groups in total. The van der Waals surface area contributed by atoms with Crippen molar-refractivity contribution in [2.75, 3.05) is 40.0 Å². The molecule has 9 heteroatoms. The molecule has 1 aromatic carbocycles. The molecule has 0 aliphatic carbocycles. The number of rotatable bonds is 5. The summed E-state index contributed by atoms with van der Waals surface area (Å²) in [4.78, 5) is 15.3. The van der Waals surface area contributed by atoms with Crippen LogP contribution in [0.3, 0.4) is 0 Å². The number of hydrogen-bond donors (Lipinski definition) is 0. The lowest BCUT2D eigenvalue weighted by Crippen LogP contribution is -2.40. The Morgan fingerprint density at radius 2 is 2.23 bits per heavy atom. The van der Waals surface area contributed by atoms with Gasteiger partial charge in [0, 0.05) is 38.3 Å². The van der Waals surface area contributed by atoms with Crippen molar-refractivity contribution in [1.82, 2.24) is 25.0 Å². The van der Waals surface area contributed by atoms with E-state index < -0.39 is 0 Å². The van der Waals surface area contributed by atoms with Gasteiger partial charge in [0.25, 0.3) is 0 Å². The SMILES string of the molecule is COc1ccc2c(c1)C=C(CN1CCOC(c3ncncc3-c3noc(C)n3)C1)CO2. The van der Waals surface area contributed by atoms with Crippen LogP contribution in [0.4, 0.5) is 0 Å². The molecule has 1 saturated heterocycles. The van der Waals surface area contributed by atoms with E-state index in [4.69, 9.17) is 18.7 Å². The highest BCUT2D eigenvalue weighted by molar-refractivity contribution is 5.64. The molecule has 4 heterocycles. The summed E-state index contributed by atoms with van der Waals surface area (Å²) in [5, 5.41) is 4.02. The highest BCUT2D eigenvalue weighted by atomic mass is 16.5. The highest BCUT2D eigenvalue weighted by Crippen LogP contribution is 2.32. The largest absolute Gasteiger partial charge is 0.497 e. The van der Waals surface area contributed by atoms with Gasteiger partial charge in [-0.1, -0.05) is 5.16 Å². The minimum absolute atomic E-state index is 0.206. The molecule has 0 radical (unpaired) electrons. The lowest BCUT2D eigenvalue weighted by molar-refractivity contribution is -0.0292. The standard InChI is InChI=1S/C22H23N5O4/c1-14-25-22(26-31-14)18-9-23-13-24-21(18)20-11-27(5-6-29-20)10-15-7-16-8-17(28-2)3-4-19(16)30-12-15/h3-4,7-9,13,20H,5-6,10-12H2,1-2H3. The smallest absolute Gasteiger partial charge is 0.223 e. The fourth-order valence-corrected chi connectivity index (χ4v) is 3.90. The Hall–Kier alpha value is -3.30. The molecule has 0 saturated carbocycles. The number of aryl methyl sites for hydroxylation is 1. The average molecular weight is 421 g/mol. The number of morpholine rings is 1. The molecule has 3 aromatic rings. The minimum atomic E-state index is -0.206. The molecule has 1 atom stereocenters. The third-order valence-electron chi connectivity index (χ3n) is 5.38. The second-order valence-electron chi connectivity index (χ2n) is 7.55. The summed E-state index contributed by atoms with van der Waals surface area (Å²) in [6.45, 7) is 5.26. The number of nitrogens with zero attached hydrogens (tertiary/aromatic N) is 5. The molecular formula is C22H23N5O4. The van der Waals surface area contributed by atoms with E-state index >= 15 is 0 Å². The predicted molar refractivity (Wildman–Crippen MR) is 112 cm³/mol. The molecule has 0 amide bonds. The predicted octanol–water partition coefficient (Wildman–Crippen LogP) is 2.69. The quantitative estimate of drug-likeness (QED) is 0.616. The summed E-state index contributed by atoms with van der Waals surface area (Å²) in [6.07, 6.45) is 5.21. The van der Waals surface area contributed by atoms with Crippen LogP contribution >= 0.6 is 0 Å². The molecule has 2 aromatic heterocycles. The molecule has 31 heavy (non-hydrogen) atoms. The van der Waals surface area contributed by atoms with Crippen molar-refractivity contribution in [2.45, 2.75) is 13.0 Å². The van der Waals surface area contributed by atoms with E-state index in [1.807, 2.05) is 18.2 Å². The molecule has 1 fully saturated rings. The maximum absolute atomic E-state index is 6.05. The maximum Gasteiger partial charge on any atom is 0.223 e. The second kappa shape index (κ2) is 8.44. The van der Waals surface area contributed by atoms with Crippen LogP contribution in [0.2, 0.25) is 0 Å². The first-order valence-corrected chi connectivity index (χ1v) is 10.1. The minimum Gasteiger partial charge on any atom is -0.497 e. The summed E-state index contributed by atoms with van der Waals surface area (Å²) in [5.74, 6) is 2.67. The van der Waals surface area contributed by atoms with Crippen molar-refractivity contribution in [3.8, 4) is 22.9 Å². The van der Waals surface area contributed by atoms with Gasteiger partial charge in [0.05, 0.1) is 25.0 Å². The van der Waals surface area contributed by atoms with Crippen LogP contribution in [-0.4, -0.2) is 65.0 Å². The van der Waals surface area contributed by atoms with Gasteiger partial charge in [0.15, 0.2) is 0 Å². The van der Waals surface area contributed by atoms with Crippen LogP contribution in [-0.2, 0) is 4.74 Å². The monoisotopic (exact) mass is 421 g/mol. The Morgan fingerprint density at radius 3 is 3.06 bits per heavy atom. The Morgan fingerprint density at radius 1 is 1.29 bits per heavy atom. The molecule has 1 unspecified atom stereocenters. The van der Waals surface area contributed by atoms with Gasteiger partial charge in [-0.3, -0.25) is 4.90 Å². The second-order valence-corrected chi connectivity index (χ2v) is 7.55. The van der Waals surface area contributed by atoms with E-state index in [0.29, 0.717) is 31.5 Å². The van der Waals surface area contributed by atoms with Gasteiger partial charge in [-0.15, -0.1) is 0 Å². The topological polar surface area (TPSA) is 95.6 Å². The molecule has 0 bridgehead atoms. The van der Waals surface area contributed by atoms with Gasteiger partial charge in [0.1, 0.15) is 30.5 Å². The molecule has 160 valence electrons. The zero-order chi connectivity index (χ0) is 21.2. The van der Waals surface area contributed by atoms with E-state index in [-0.39, 0.29) is 6.10 Å². The van der Waals surface area contributed by atoms with E-state index in [1.54, 1.807) is 20.2 Å². The van der Waals surface area contributed by atoms with Crippen LogP contribution in [0.5, 0.6) is 11.5 Å². The van der Waals surface area contributed by atoms with Crippen molar-refractivity contribution >= 4 is 6.08 Å². The Bertz CT molecular complexity index is 1110. The van der Waals surface area contributed by atoms with Crippen LogP contribution in [0.25, 0.3) is 17.5 Å².